The molecule has 0 spiro atoms. The molecule has 0 saturated carbocycles. The van der Waals surface area contributed by atoms with E-state index in [-0.39, 0.29) is 12.2 Å². The Bertz CT molecular complexity index is 870. The molecule has 2 aromatic rings. The molecule has 7 nitrogen and oxygen atoms in total. The monoisotopic (exact) mass is 424 g/mol. The van der Waals surface area contributed by atoms with Gasteiger partial charge in [0.15, 0.2) is 5.82 Å². The van der Waals surface area contributed by atoms with E-state index in [4.69, 9.17) is 4.74 Å². The summed E-state index contributed by atoms with van der Waals surface area (Å²) in [5, 5.41) is 13.9. The van der Waals surface area contributed by atoms with Gasteiger partial charge in [0, 0.05) is 42.5 Å². The number of hydrogen-bond acceptors (Lipinski definition) is 5. The van der Waals surface area contributed by atoms with Crippen LogP contribution in [0.15, 0.2) is 18.2 Å². The van der Waals surface area contributed by atoms with Gasteiger partial charge in [0.25, 0.3) is 6.43 Å². The van der Waals surface area contributed by atoms with Gasteiger partial charge in [-0.25, -0.2) is 13.6 Å². The first-order valence-electron chi connectivity index (χ1n) is 10.0. The summed E-state index contributed by atoms with van der Waals surface area (Å²) in [5.74, 6) is 0.570. The molecule has 3 rings (SSSR count). The first-order valence-corrected chi connectivity index (χ1v) is 10.0. The minimum atomic E-state index is -2.57. The quantitative estimate of drug-likeness (QED) is 0.784. The fraction of sp³-hybridized carbons (Fsp3) is 0.524. The molecular weight excluding hydrogens is 394 g/mol. The molecule has 166 valence electrons. The molecule has 1 aromatic heterocycles. The van der Waals surface area contributed by atoms with Gasteiger partial charge in [-0.15, -0.1) is 0 Å². The largest absolute Gasteiger partial charge is 0.453 e. The second kappa shape index (κ2) is 10.4. The number of fused-ring (bicyclic) bond motifs is 1. The molecule has 9 heteroatoms. The maximum atomic E-state index is 13.3. The van der Waals surface area contributed by atoms with Crippen LogP contribution in [0.1, 0.15) is 42.7 Å². The number of aliphatic hydroxyl groups excluding tert-OH is 1. The number of carbonyl (C=O) groups excluding carboxylic acids is 1. The smallest absolute Gasteiger partial charge is 0.409 e. The fourth-order valence-corrected chi connectivity index (χ4v) is 3.50. The van der Waals surface area contributed by atoms with Gasteiger partial charge in [0.2, 0.25) is 0 Å². The molecule has 0 unspecified atom stereocenters. The summed E-state index contributed by atoms with van der Waals surface area (Å²) in [4.78, 5) is 15.3. The van der Waals surface area contributed by atoms with Crippen molar-refractivity contribution in [1.29, 1.82) is 0 Å². The lowest BCUT2D eigenvalue weighted by molar-refractivity contribution is 0.118. The number of aliphatic hydroxyl groups is 1. The van der Waals surface area contributed by atoms with Gasteiger partial charge in [-0.05, 0) is 24.6 Å². The third kappa shape index (κ3) is 4.72. The Morgan fingerprint density at radius 3 is 2.67 bits per heavy atom. The van der Waals surface area contributed by atoms with Crippen molar-refractivity contribution in [2.45, 2.75) is 46.7 Å². The highest BCUT2D eigenvalue weighted by molar-refractivity contribution is 5.70. The lowest BCUT2D eigenvalue weighted by atomic mass is 10.1. The van der Waals surface area contributed by atoms with Crippen LogP contribution in [-0.4, -0.2) is 53.2 Å². The van der Waals surface area contributed by atoms with Gasteiger partial charge in [-0.1, -0.05) is 19.9 Å². The van der Waals surface area contributed by atoms with Gasteiger partial charge in [-0.2, -0.15) is 5.10 Å². The minimum absolute atomic E-state index is 0.0239. The number of carbonyl (C=O) groups is 1. The number of ether oxygens (including phenoxy) is 1. The molecule has 2 heterocycles. The van der Waals surface area contributed by atoms with Crippen molar-refractivity contribution >= 4 is 17.6 Å². The van der Waals surface area contributed by atoms with Crippen LogP contribution >= 0.6 is 0 Å². The molecule has 1 amide bonds. The van der Waals surface area contributed by atoms with Crippen LogP contribution in [0.25, 0.3) is 0 Å². The maximum absolute atomic E-state index is 13.3. The number of alkyl halides is 2. The summed E-state index contributed by atoms with van der Waals surface area (Å²) in [6.45, 7) is 6.70. The molecule has 1 aromatic carbocycles. The molecule has 0 aliphatic carbocycles. The highest BCUT2D eigenvalue weighted by atomic mass is 19.3. The molecule has 0 saturated heterocycles. The normalized spacial score (nSPS) is 12.9. The first-order chi connectivity index (χ1) is 14.4. The third-order valence-corrected chi connectivity index (χ3v) is 5.06. The Balaban J connectivity index is 0.00000155. The van der Waals surface area contributed by atoms with Crippen LogP contribution in [0.3, 0.4) is 0 Å². The molecule has 30 heavy (non-hydrogen) atoms. The van der Waals surface area contributed by atoms with E-state index in [1.807, 2.05) is 13.8 Å². The number of halogens is 2. The fourth-order valence-electron chi connectivity index (χ4n) is 3.50. The van der Waals surface area contributed by atoms with Crippen LogP contribution in [0.2, 0.25) is 0 Å². The van der Waals surface area contributed by atoms with E-state index in [9.17, 15) is 18.7 Å². The van der Waals surface area contributed by atoms with Gasteiger partial charge < -0.3 is 19.6 Å². The molecule has 0 fully saturated rings. The molecule has 0 bridgehead atoms. The van der Waals surface area contributed by atoms with Crippen molar-refractivity contribution in [1.82, 2.24) is 14.7 Å². The minimum Gasteiger partial charge on any atom is -0.453 e. The zero-order valence-corrected chi connectivity index (χ0v) is 18.2. The number of aryl methyl sites for hydroxylation is 1. The molecule has 1 aliphatic heterocycles. The zero-order chi connectivity index (χ0) is 22.4. The summed E-state index contributed by atoms with van der Waals surface area (Å²) >= 11 is 0. The van der Waals surface area contributed by atoms with E-state index in [0.29, 0.717) is 43.1 Å². The van der Waals surface area contributed by atoms with E-state index in [0.717, 1.165) is 11.3 Å². The number of hydrogen-bond donors (Lipinski definition) is 1. The topological polar surface area (TPSA) is 70.8 Å². The van der Waals surface area contributed by atoms with Crippen molar-refractivity contribution in [2.75, 3.05) is 32.2 Å². The summed E-state index contributed by atoms with van der Waals surface area (Å²) in [6, 6.07) is 4.88. The standard InChI is InChI=1S/C19H24F2N4O3.C2H6/c1-12-4-5-13(10-14(12)17(20)21)23(2)18-15-11-24(19(27)28-3)7-6-16(15)25(22-18)8-9-26;1-2/h4-5,10,17,26H,6-9,11H2,1-3H3;1-2H3. The van der Waals surface area contributed by atoms with Crippen LogP contribution in [-0.2, 0) is 24.2 Å². The number of aromatic nitrogens is 2. The van der Waals surface area contributed by atoms with Crippen LogP contribution < -0.4 is 4.90 Å². The highest BCUT2D eigenvalue weighted by Crippen LogP contribution is 2.34. The number of rotatable bonds is 5. The van der Waals surface area contributed by atoms with E-state index in [1.165, 1.54) is 13.2 Å². The Hall–Kier alpha value is -2.68. The van der Waals surface area contributed by atoms with Crippen LogP contribution in [0.4, 0.5) is 25.1 Å². The molecule has 0 radical (unpaired) electrons. The van der Waals surface area contributed by atoms with Crippen molar-refractivity contribution in [3.63, 3.8) is 0 Å². The molecular formula is C21H30F2N4O3. The average molecular weight is 424 g/mol. The Morgan fingerprint density at radius 1 is 1.37 bits per heavy atom. The van der Waals surface area contributed by atoms with E-state index in [1.54, 1.807) is 40.6 Å². The SMILES string of the molecule is CC.COC(=O)N1CCc2c(c(N(C)c3ccc(C)c(C(F)F)c3)nn2CCO)C1. The number of anilines is 2. The van der Waals surface area contributed by atoms with Crippen molar-refractivity contribution in [3.8, 4) is 0 Å². The summed E-state index contributed by atoms with van der Waals surface area (Å²) in [7, 11) is 3.08. The molecule has 1 aliphatic rings. The number of methoxy groups -OCH3 is 1. The predicted octanol–water partition coefficient (Wildman–Crippen LogP) is 4.04. The van der Waals surface area contributed by atoms with Crippen LogP contribution in [0, 0.1) is 6.92 Å². The number of nitrogens with zero attached hydrogens (tertiary/aromatic N) is 4. The van der Waals surface area contributed by atoms with Crippen molar-refractivity contribution < 1.29 is 23.4 Å². The Kier molecular flexibility index (Phi) is 8.16. The van der Waals surface area contributed by atoms with Crippen molar-refractivity contribution in [3.05, 3.63) is 40.6 Å². The lowest BCUT2D eigenvalue weighted by Gasteiger charge is -2.28. The predicted molar refractivity (Wildman–Crippen MR) is 111 cm³/mol. The maximum Gasteiger partial charge on any atom is 0.409 e. The highest BCUT2D eigenvalue weighted by Gasteiger charge is 2.29. The van der Waals surface area contributed by atoms with E-state index in [2.05, 4.69) is 5.10 Å². The number of amides is 1. The van der Waals surface area contributed by atoms with Gasteiger partial charge in [0.05, 0.1) is 26.8 Å². The van der Waals surface area contributed by atoms with E-state index < -0.39 is 12.5 Å². The second-order valence-corrected chi connectivity index (χ2v) is 6.74. The summed E-state index contributed by atoms with van der Waals surface area (Å²) in [6.07, 6.45) is -2.42. The first kappa shape index (κ1) is 23.6. The number of benzene rings is 1. The Labute approximate surface area is 175 Å². The average Bonchev–Trinajstić information content (AvgIpc) is 3.12. The van der Waals surface area contributed by atoms with E-state index >= 15 is 0 Å². The van der Waals surface area contributed by atoms with Gasteiger partial charge in [-0.3, -0.25) is 4.68 Å². The summed E-state index contributed by atoms with van der Waals surface area (Å²) in [5.41, 5.74) is 2.83. The van der Waals surface area contributed by atoms with Crippen molar-refractivity contribution in [2.24, 2.45) is 0 Å². The molecule has 1 N–H and O–H groups in total. The Morgan fingerprint density at radius 2 is 2.07 bits per heavy atom. The van der Waals surface area contributed by atoms with Crippen LogP contribution in [0.5, 0.6) is 0 Å². The second-order valence-electron chi connectivity index (χ2n) is 6.74. The molecule has 0 atom stereocenters. The third-order valence-electron chi connectivity index (χ3n) is 5.06. The zero-order valence-electron chi connectivity index (χ0n) is 18.2. The van der Waals surface area contributed by atoms with Gasteiger partial charge >= 0.3 is 6.09 Å². The van der Waals surface area contributed by atoms with Gasteiger partial charge in [0.1, 0.15) is 0 Å². The lowest BCUT2D eigenvalue weighted by Crippen LogP contribution is -2.36. The summed E-state index contributed by atoms with van der Waals surface area (Å²) < 4.78 is 33.2.